The molecule has 0 atom stereocenters. The molecule has 2 rings (SSSR count). The Balaban J connectivity index is 2.06. The molecule has 1 amide bonds. The summed E-state index contributed by atoms with van der Waals surface area (Å²) in [4.78, 5) is 18.7. The molecule has 24 heavy (non-hydrogen) atoms. The monoisotopic (exact) mass is 329 g/mol. The molecule has 0 bridgehead atoms. The van der Waals surface area contributed by atoms with Crippen LogP contribution in [0.25, 0.3) is 11.7 Å². The van der Waals surface area contributed by atoms with E-state index in [9.17, 15) is 4.79 Å². The van der Waals surface area contributed by atoms with Gasteiger partial charge in [-0.25, -0.2) is 4.98 Å². The summed E-state index contributed by atoms with van der Waals surface area (Å²) >= 11 is 0. The number of aryl methyl sites for hydroxylation is 1. The van der Waals surface area contributed by atoms with Crippen LogP contribution in [0.1, 0.15) is 38.1 Å². The van der Waals surface area contributed by atoms with E-state index in [1.54, 1.807) is 30.2 Å². The second-order valence-electron chi connectivity index (χ2n) is 6.15. The summed E-state index contributed by atoms with van der Waals surface area (Å²) in [6.45, 7) is 7.12. The lowest BCUT2D eigenvalue weighted by molar-refractivity contribution is -0.130. The van der Waals surface area contributed by atoms with E-state index in [2.05, 4.69) is 24.9 Å². The van der Waals surface area contributed by atoms with Gasteiger partial charge >= 0.3 is 0 Å². The van der Waals surface area contributed by atoms with Gasteiger partial charge in [0.1, 0.15) is 5.76 Å². The zero-order valence-corrected chi connectivity index (χ0v) is 14.4. The van der Waals surface area contributed by atoms with E-state index in [0.717, 1.165) is 6.42 Å². The summed E-state index contributed by atoms with van der Waals surface area (Å²) < 4.78 is 10.9. The van der Waals surface area contributed by atoms with Gasteiger partial charge in [-0.2, -0.15) is 5.26 Å². The molecule has 0 unspecified atom stereocenters. The van der Waals surface area contributed by atoms with E-state index in [4.69, 9.17) is 14.1 Å². The fourth-order valence-electron chi connectivity index (χ4n) is 2.31. The van der Waals surface area contributed by atoms with Gasteiger partial charge in [-0.05, 0) is 31.4 Å². The molecule has 0 spiro atoms. The van der Waals surface area contributed by atoms with Crippen molar-refractivity contribution in [3.8, 4) is 17.7 Å². The molecule has 0 saturated heterocycles. The Morgan fingerprint density at radius 1 is 1.42 bits per heavy atom. The van der Waals surface area contributed by atoms with Gasteiger partial charge in [-0.1, -0.05) is 13.8 Å². The number of hydrogen-bond donors (Lipinski definition) is 0. The van der Waals surface area contributed by atoms with Crippen molar-refractivity contribution in [1.29, 1.82) is 5.26 Å². The van der Waals surface area contributed by atoms with Crippen molar-refractivity contribution < 1.29 is 13.6 Å². The normalized spacial score (nSPS) is 10.8. The van der Waals surface area contributed by atoms with Crippen LogP contribution in [-0.4, -0.2) is 28.9 Å². The van der Waals surface area contributed by atoms with Gasteiger partial charge in [0.25, 0.3) is 5.89 Å². The average molecular weight is 329 g/mol. The standard InChI is InChI=1S/C18H23N3O3/c1-13(2)7-10-21(9-5-8-19)17(22)12-15-14(3)24-18(20-15)16-6-4-11-23-16/h4,6,11,13H,5,7,9-10,12H2,1-3H3. The molecule has 6 heteroatoms. The SMILES string of the molecule is Cc1oc(-c2ccco2)nc1CC(=O)N(CCC#N)CCC(C)C. The smallest absolute Gasteiger partial charge is 0.263 e. The summed E-state index contributed by atoms with van der Waals surface area (Å²) in [5, 5.41) is 8.79. The third-order valence-corrected chi connectivity index (χ3v) is 3.77. The first-order valence-corrected chi connectivity index (χ1v) is 8.16. The van der Waals surface area contributed by atoms with Crippen molar-refractivity contribution in [2.45, 2.75) is 40.0 Å². The molecular weight excluding hydrogens is 306 g/mol. The van der Waals surface area contributed by atoms with Crippen LogP contribution in [0, 0.1) is 24.2 Å². The topological polar surface area (TPSA) is 83.3 Å². The third-order valence-electron chi connectivity index (χ3n) is 3.77. The first kappa shape index (κ1) is 17.8. The van der Waals surface area contributed by atoms with E-state index in [-0.39, 0.29) is 12.3 Å². The minimum Gasteiger partial charge on any atom is -0.459 e. The van der Waals surface area contributed by atoms with E-state index < -0.39 is 0 Å². The van der Waals surface area contributed by atoms with Crippen LogP contribution in [-0.2, 0) is 11.2 Å². The number of carbonyl (C=O) groups is 1. The van der Waals surface area contributed by atoms with E-state index in [1.165, 1.54) is 0 Å². The summed E-state index contributed by atoms with van der Waals surface area (Å²) in [5.74, 6) is 2.00. The number of nitrogens with zero attached hydrogens (tertiary/aromatic N) is 3. The highest BCUT2D eigenvalue weighted by Gasteiger charge is 2.20. The summed E-state index contributed by atoms with van der Waals surface area (Å²) in [6.07, 6.45) is 2.96. The molecule has 0 radical (unpaired) electrons. The van der Waals surface area contributed by atoms with Crippen molar-refractivity contribution in [3.63, 3.8) is 0 Å². The molecule has 2 aromatic heterocycles. The van der Waals surface area contributed by atoms with Crippen LogP contribution in [0.15, 0.2) is 27.2 Å². The second kappa shape index (κ2) is 8.34. The van der Waals surface area contributed by atoms with Crippen molar-refractivity contribution in [2.24, 2.45) is 5.92 Å². The van der Waals surface area contributed by atoms with Crippen LogP contribution in [0.4, 0.5) is 0 Å². The second-order valence-corrected chi connectivity index (χ2v) is 6.15. The van der Waals surface area contributed by atoms with Crippen LogP contribution in [0.3, 0.4) is 0 Å². The zero-order valence-electron chi connectivity index (χ0n) is 14.4. The van der Waals surface area contributed by atoms with Gasteiger partial charge in [0, 0.05) is 13.1 Å². The van der Waals surface area contributed by atoms with E-state index in [0.29, 0.717) is 48.5 Å². The lowest BCUT2D eigenvalue weighted by atomic mass is 10.1. The zero-order chi connectivity index (χ0) is 17.5. The molecule has 0 aliphatic carbocycles. The Morgan fingerprint density at radius 3 is 2.83 bits per heavy atom. The predicted molar refractivity (Wildman–Crippen MR) is 88.9 cm³/mol. The quantitative estimate of drug-likeness (QED) is 0.739. The number of hydrogen-bond acceptors (Lipinski definition) is 5. The fourth-order valence-corrected chi connectivity index (χ4v) is 2.31. The van der Waals surface area contributed by atoms with Gasteiger partial charge in [0.2, 0.25) is 5.91 Å². The number of oxazole rings is 1. The number of amides is 1. The largest absolute Gasteiger partial charge is 0.459 e. The summed E-state index contributed by atoms with van der Waals surface area (Å²) in [7, 11) is 0. The van der Waals surface area contributed by atoms with Gasteiger partial charge in [0.05, 0.1) is 30.9 Å². The van der Waals surface area contributed by atoms with Crippen LogP contribution in [0.2, 0.25) is 0 Å². The Bertz CT molecular complexity index is 696. The molecule has 2 aromatic rings. The minimum atomic E-state index is -0.0340. The lowest BCUT2D eigenvalue weighted by Crippen LogP contribution is -2.34. The Hall–Kier alpha value is -2.55. The maximum absolute atomic E-state index is 12.6. The van der Waals surface area contributed by atoms with E-state index >= 15 is 0 Å². The number of aromatic nitrogens is 1. The highest BCUT2D eigenvalue weighted by molar-refractivity contribution is 5.78. The van der Waals surface area contributed by atoms with E-state index in [1.807, 2.05) is 0 Å². The first-order chi connectivity index (χ1) is 11.5. The van der Waals surface area contributed by atoms with Gasteiger partial charge < -0.3 is 13.7 Å². The third kappa shape index (κ3) is 4.72. The molecule has 6 nitrogen and oxygen atoms in total. The van der Waals surface area contributed by atoms with Crippen molar-refractivity contribution in [1.82, 2.24) is 9.88 Å². The van der Waals surface area contributed by atoms with Crippen molar-refractivity contribution >= 4 is 5.91 Å². The highest BCUT2D eigenvalue weighted by Crippen LogP contribution is 2.22. The van der Waals surface area contributed by atoms with Crippen LogP contribution in [0.5, 0.6) is 0 Å². The van der Waals surface area contributed by atoms with Crippen molar-refractivity contribution in [2.75, 3.05) is 13.1 Å². The molecule has 0 aromatic carbocycles. The Kier molecular flexibility index (Phi) is 6.19. The molecular formula is C18H23N3O3. The maximum atomic E-state index is 12.6. The van der Waals surface area contributed by atoms with Gasteiger partial charge in [0.15, 0.2) is 5.76 Å². The molecule has 128 valence electrons. The fraction of sp³-hybridized carbons (Fsp3) is 0.500. The predicted octanol–water partition coefficient (Wildman–Crippen LogP) is 3.57. The number of rotatable bonds is 8. The lowest BCUT2D eigenvalue weighted by Gasteiger charge is -2.22. The molecule has 0 N–H and O–H groups in total. The van der Waals surface area contributed by atoms with Crippen molar-refractivity contribution in [3.05, 3.63) is 29.9 Å². The Labute approximate surface area is 142 Å². The molecule has 0 saturated carbocycles. The van der Waals surface area contributed by atoms with Crippen LogP contribution >= 0.6 is 0 Å². The molecule has 0 aliphatic rings. The van der Waals surface area contributed by atoms with Gasteiger partial charge in [-0.3, -0.25) is 4.79 Å². The molecule has 0 aliphatic heterocycles. The first-order valence-electron chi connectivity index (χ1n) is 8.16. The number of furan rings is 1. The Morgan fingerprint density at radius 2 is 2.21 bits per heavy atom. The average Bonchev–Trinajstić information content (AvgIpc) is 3.17. The van der Waals surface area contributed by atoms with Gasteiger partial charge in [-0.15, -0.1) is 0 Å². The minimum absolute atomic E-state index is 0.0340. The summed E-state index contributed by atoms with van der Waals surface area (Å²) in [6, 6.07) is 5.62. The maximum Gasteiger partial charge on any atom is 0.263 e. The number of carbonyl (C=O) groups excluding carboxylic acids is 1. The highest BCUT2D eigenvalue weighted by atomic mass is 16.4. The number of nitriles is 1. The van der Waals surface area contributed by atoms with Crippen LogP contribution < -0.4 is 0 Å². The summed E-state index contributed by atoms with van der Waals surface area (Å²) in [5.41, 5.74) is 0.609. The molecule has 0 fully saturated rings. The molecule has 2 heterocycles.